The molecule has 3 N–H and O–H groups in total. The Bertz CT molecular complexity index is 1580. The minimum Gasteiger partial charge on any atom is -0.495 e. The zero-order chi connectivity index (χ0) is 25.4. The van der Waals surface area contributed by atoms with Gasteiger partial charge in [0.2, 0.25) is 0 Å². The number of nitrogens with zero attached hydrogens (tertiary/aromatic N) is 2. The van der Waals surface area contributed by atoms with Crippen LogP contribution < -0.4 is 15.4 Å². The van der Waals surface area contributed by atoms with E-state index in [1.807, 2.05) is 24.3 Å². The summed E-state index contributed by atoms with van der Waals surface area (Å²) in [6.07, 6.45) is 5.26. The quantitative estimate of drug-likeness (QED) is 0.313. The fraction of sp³-hybridized carbons (Fsp3) is 0.0833. The fourth-order valence-corrected chi connectivity index (χ4v) is 3.78. The number of benzene rings is 2. The van der Waals surface area contributed by atoms with Crippen molar-refractivity contribution in [3.05, 3.63) is 83.8 Å². The molecular formula is C24H20ClN5O2. The highest BCUT2D eigenvalue weighted by Crippen LogP contribution is 2.29. The zero-order valence-corrected chi connectivity index (χ0v) is 17.4. The number of urea groups is 1. The highest BCUT2D eigenvalue weighted by atomic mass is 35.5. The van der Waals surface area contributed by atoms with E-state index in [1.165, 1.54) is 18.2 Å². The van der Waals surface area contributed by atoms with Crippen molar-refractivity contribution in [1.29, 1.82) is 0 Å². The molecule has 0 saturated carbocycles. The van der Waals surface area contributed by atoms with Gasteiger partial charge in [-0.3, -0.25) is 0 Å². The molecule has 0 spiro atoms. The number of pyridine rings is 1. The van der Waals surface area contributed by atoms with Gasteiger partial charge < -0.3 is 24.9 Å². The number of hydrogen-bond acceptors (Lipinski definition) is 3. The van der Waals surface area contributed by atoms with Crippen molar-refractivity contribution in [2.45, 2.75) is 6.52 Å². The molecule has 7 nitrogen and oxygen atoms in total. The van der Waals surface area contributed by atoms with E-state index in [0.717, 1.165) is 21.9 Å². The summed E-state index contributed by atoms with van der Waals surface area (Å²) < 4.78 is 37.6. The van der Waals surface area contributed by atoms with Crippen molar-refractivity contribution in [2.24, 2.45) is 0 Å². The van der Waals surface area contributed by atoms with Crippen LogP contribution >= 0.6 is 11.6 Å². The minimum absolute atomic E-state index is 0.0378. The molecule has 0 fully saturated rings. The molecule has 0 aliphatic carbocycles. The van der Waals surface area contributed by atoms with Crippen molar-refractivity contribution >= 4 is 50.9 Å². The van der Waals surface area contributed by atoms with E-state index < -0.39 is 19.6 Å². The molecule has 0 bridgehead atoms. The van der Waals surface area contributed by atoms with E-state index in [-0.39, 0.29) is 11.4 Å². The van der Waals surface area contributed by atoms with Crippen LogP contribution in [0.5, 0.6) is 5.75 Å². The molecule has 0 radical (unpaired) electrons. The second-order valence-corrected chi connectivity index (χ2v) is 7.49. The number of carbonyl (C=O) groups is 1. The topological polar surface area (TPSA) is 84.0 Å². The van der Waals surface area contributed by atoms with Gasteiger partial charge >= 0.3 is 6.03 Å². The lowest BCUT2D eigenvalue weighted by molar-refractivity contribution is 0.262. The second-order valence-electron chi connectivity index (χ2n) is 7.06. The molecule has 1 unspecified atom stereocenters. The van der Waals surface area contributed by atoms with Gasteiger partial charge in [-0.2, -0.15) is 0 Å². The van der Waals surface area contributed by atoms with Crippen LogP contribution in [0.1, 0.15) is 11.0 Å². The van der Waals surface area contributed by atoms with Gasteiger partial charge in [0.25, 0.3) is 0 Å². The Morgan fingerprint density at radius 3 is 3.00 bits per heavy atom. The summed E-state index contributed by atoms with van der Waals surface area (Å²) in [7, 11) is -2.69. The highest BCUT2D eigenvalue weighted by Gasteiger charge is 2.12. The number of anilines is 2. The standard InChI is InChI=1S/C24H20ClN5O2/c1-32-22-8-7-16(25)12-20(22)29-24(31)28-19-5-2-6-21-18(19)9-11-30(21)14-15-13-27-23-17(15)4-3-10-26-23/h2-13H,14H2,1H3,(H,26,27)(H2,28,29,31)/i1D3,14D. The van der Waals surface area contributed by atoms with Gasteiger partial charge in [0.05, 0.1) is 29.4 Å². The summed E-state index contributed by atoms with van der Waals surface area (Å²) in [4.78, 5) is 20.2. The number of hydrogen-bond donors (Lipinski definition) is 3. The van der Waals surface area contributed by atoms with Crippen LogP contribution in [0.3, 0.4) is 0 Å². The third-order valence-electron chi connectivity index (χ3n) is 5.07. The average molecular weight is 450 g/mol. The molecule has 8 heteroatoms. The van der Waals surface area contributed by atoms with Crippen LogP contribution in [0.25, 0.3) is 21.9 Å². The molecule has 5 rings (SSSR count). The van der Waals surface area contributed by atoms with Crippen molar-refractivity contribution in [3.8, 4) is 5.75 Å². The Labute approximate surface area is 194 Å². The molecule has 2 amide bonds. The van der Waals surface area contributed by atoms with E-state index in [0.29, 0.717) is 16.4 Å². The van der Waals surface area contributed by atoms with Gasteiger partial charge in [0.1, 0.15) is 11.4 Å². The maximum Gasteiger partial charge on any atom is 0.323 e. The van der Waals surface area contributed by atoms with Gasteiger partial charge in [-0.1, -0.05) is 17.7 Å². The first-order valence-electron chi connectivity index (χ1n) is 11.8. The highest BCUT2D eigenvalue weighted by molar-refractivity contribution is 6.31. The molecule has 3 aromatic heterocycles. The number of H-pyrrole nitrogens is 1. The first kappa shape index (κ1) is 15.8. The van der Waals surface area contributed by atoms with Crippen LogP contribution in [0, 0.1) is 0 Å². The molecule has 3 heterocycles. The predicted molar refractivity (Wildman–Crippen MR) is 128 cm³/mol. The lowest BCUT2D eigenvalue weighted by atomic mass is 10.2. The van der Waals surface area contributed by atoms with Crippen molar-refractivity contribution in [3.63, 3.8) is 0 Å². The maximum absolute atomic E-state index is 12.8. The molecule has 0 aliphatic heterocycles. The number of aromatic amines is 1. The largest absolute Gasteiger partial charge is 0.495 e. The Morgan fingerprint density at radius 2 is 2.09 bits per heavy atom. The first-order chi connectivity index (χ1) is 17.2. The summed E-state index contributed by atoms with van der Waals surface area (Å²) in [5.74, 6) is -0.0378. The Kier molecular flexibility index (Phi) is 4.08. The summed E-state index contributed by atoms with van der Waals surface area (Å²) in [5, 5.41) is 7.27. The molecule has 0 saturated heterocycles. The molecule has 2 aromatic carbocycles. The number of aromatic nitrogens is 3. The van der Waals surface area contributed by atoms with Crippen molar-refractivity contribution in [1.82, 2.24) is 14.5 Å². The lowest BCUT2D eigenvalue weighted by Gasteiger charge is -2.12. The molecule has 160 valence electrons. The predicted octanol–water partition coefficient (Wildman–Crippen LogP) is 5.87. The Balaban J connectivity index is 1.41. The fourth-order valence-electron chi connectivity index (χ4n) is 3.61. The Hall–Kier alpha value is -3.97. The number of halogens is 1. The summed E-state index contributed by atoms with van der Waals surface area (Å²) in [6, 6.07) is 14.6. The van der Waals surface area contributed by atoms with E-state index in [4.69, 9.17) is 21.8 Å². The zero-order valence-electron chi connectivity index (χ0n) is 20.6. The van der Waals surface area contributed by atoms with Crippen molar-refractivity contribution < 1.29 is 15.0 Å². The minimum atomic E-state index is -2.69. The van der Waals surface area contributed by atoms with Crippen LogP contribution in [0.15, 0.2) is 73.2 Å². The number of carbonyl (C=O) groups excluding carboxylic acids is 1. The van der Waals surface area contributed by atoms with Crippen LogP contribution in [0.4, 0.5) is 16.2 Å². The molecular weight excluding hydrogens is 426 g/mol. The van der Waals surface area contributed by atoms with E-state index in [2.05, 4.69) is 20.6 Å². The average Bonchev–Trinajstić information content (AvgIpc) is 3.45. The smallest absolute Gasteiger partial charge is 0.323 e. The maximum atomic E-state index is 12.8. The molecule has 1 atom stereocenters. The summed E-state index contributed by atoms with van der Waals surface area (Å²) in [6.45, 7) is -0.740. The first-order valence-corrected chi connectivity index (χ1v) is 10.1. The van der Waals surface area contributed by atoms with Crippen LogP contribution in [0.2, 0.25) is 5.02 Å². The van der Waals surface area contributed by atoms with Gasteiger partial charge in [-0.25, -0.2) is 9.78 Å². The van der Waals surface area contributed by atoms with Crippen LogP contribution in [-0.4, -0.2) is 27.6 Å². The molecule has 0 aliphatic rings. The van der Waals surface area contributed by atoms with Gasteiger partial charge in [0.15, 0.2) is 0 Å². The number of nitrogens with one attached hydrogen (secondary N) is 3. The number of methoxy groups -OCH3 is 1. The van der Waals surface area contributed by atoms with Gasteiger partial charge in [-0.15, -0.1) is 0 Å². The molecule has 5 aromatic rings. The molecule has 32 heavy (non-hydrogen) atoms. The third kappa shape index (κ3) is 3.74. The van der Waals surface area contributed by atoms with E-state index >= 15 is 0 Å². The third-order valence-corrected chi connectivity index (χ3v) is 5.31. The van der Waals surface area contributed by atoms with Gasteiger partial charge in [0, 0.05) is 40.9 Å². The normalized spacial score (nSPS) is 14.3. The SMILES string of the molecule is [2H]C(c1c[nH]c2ncccc12)n1ccc2c(NC(=O)Nc3cc(Cl)ccc3OC([2H])([2H])[2H])cccc21. The van der Waals surface area contributed by atoms with Crippen LogP contribution in [-0.2, 0) is 6.52 Å². The monoisotopic (exact) mass is 449 g/mol. The number of rotatable bonds is 5. The lowest BCUT2D eigenvalue weighted by Crippen LogP contribution is -2.20. The van der Waals surface area contributed by atoms with E-state index in [1.54, 1.807) is 35.3 Å². The number of fused-ring (bicyclic) bond motifs is 2. The van der Waals surface area contributed by atoms with Gasteiger partial charge in [-0.05, 0) is 54.1 Å². The Morgan fingerprint density at radius 1 is 1.19 bits per heavy atom. The number of amides is 2. The van der Waals surface area contributed by atoms with E-state index in [9.17, 15) is 4.79 Å². The number of ether oxygens (including phenoxy) is 1. The summed E-state index contributed by atoms with van der Waals surface area (Å²) in [5.41, 5.74) is 2.86. The second kappa shape index (κ2) is 8.28. The van der Waals surface area contributed by atoms with Crippen molar-refractivity contribution in [2.75, 3.05) is 17.7 Å². The summed E-state index contributed by atoms with van der Waals surface area (Å²) >= 11 is 6.03.